The van der Waals surface area contributed by atoms with Crippen LogP contribution in [-0.2, 0) is 6.54 Å². The number of nitrogens with one attached hydrogen (secondary N) is 2. The molecule has 4 heterocycles. The predicted octanol–water partition coefficient (Wildman–Crippen LogP) is 4.72. The second kappa shape index (κ2) is 9.32. The summed E-state index contributed by atoms with van der Waals surface area (Å²) in [4.78, 5) is 27.9. The van der Waals surface area contributed by atoms with Crippen molar-refractivity contribution in [1.82, 2.24) is 19.9 Å². The van der Waals surface area contributed by atoms with Crippen LogP contribution in [0.4, 0.5) is 16.4 Å². The van der Waals surface area contributed by atoms with Gasteiger partial charge in [-0.15, -0.1) is 11.3 Å². The van der Waals surface area contributed by atoms with E-state index in [1.54, 1.807) is 18.5 Å². The summed E-state index contributed by atoms with van der Waals surface area (Å²) >= 11 is 1.47. The van der Waals surface area contributed by atoms with E-state index in [-0.39, 0.29) is 6.03 Å². The molecule has 0 spiro atoms. The van der Waals surface area contributed by atoms with E-state index < -0.39 is 0 Å². The molecule has 156 valence electrons. The Morgan fingerprint density at radius 3 is 2.57 bits per heavy atom. The number of thiazole rings is 1. The summed E-state index contributed by atoms with van der Waals surface area (Å²) in [6, 6.07) is 9.16. The molecular formula is C22H26N6OS. The molecule has 0 aliphatic carbocycles. The summed E-state index contributed by atoms with van der Waals surface area (Å²) in [6.45, 7) is 7.59. The molecule has 2 unspecified atom stereocenters. The fourth-order valence-corrected chi connectivity index (χ4v) is 4.77. The molecule has 3 aromatic heterocycles. The van der Waals surface area contributed by atoms with Crippen LogP contribution in [-0.4, -0.2) is 39.0 Å². The topological polar surface area (TPSA) is 83.0 Å². The van der Waals surface area contributed by atoms with E-state index in [2.05, 4.69) is 44.3 Å². The average Bonchev–Trinajstić information content (AvgIpc) is 3.16. The molecule has 7 nitrogen and oxygen atoms in total. The Balaban J connectivity index is 1.35. The van der Waals surface area contributed by atoms with Gasteiger partial charge in [0.05, 0.1) is 5.69 Å². The van der Waals surface area contributed by atoms with E-state index >= 15 is 0 Å². The molecule has 1 fully saturated rings. The third-order valence-electron chi connectivity index (χ3n) is 5.05. The van der Waals surface area contributed by atoms with E-state index in [0.29, 0.717) is 23.5 Å². The second-order valence-electron chi connectivity index (χ2n) is 8.01. The van der Waals surface area contributed by atoms with Crippen molar-refractivity contribution in [2.45, 2.75) is 26.8 Å². The van der Waals surface area contributed by atoms with Crippen molar-refractivity contribution in [3.8, 4) is 10.6 Å². The summed E-state index contributed by atoms with van der Waals surface area (Å²) in [5.74, 6) is 2.46. The molecule has 8 heteroatoms. The van der Waals surface area contributed by atoms with E-state index in [0.717, 1.165) is 35.9 Å². The van der Waals surface area contributed by atoms with Crippen LogP contribution < -0.4 is 10.6 Å². The van der Waals surface area contributed by atoms with Gasteiger partial charge in [0.1, 0.15) is 16.6 Å². The maximum absolute atomic E-state index is 12.4. The van der Waals surface area contributed by atoms with Crippen LogP contribution in [0.2, 0.25) is 0 Å². The molecule has 2 N–H and O–H groups in total. The highest BCUT2D eigenvalue weighted by atomic mass is 32.1. The van der Waals surface area contributed by atoms with Gasteiger partial charge in [0.25, 0.3) is 0 Å². The lowest BCUT2D eigenvalue weighted by atomic mass is 9.92. The van der Waals surface area contributed by atoms with Crippen LogP contribution in [0.3, 0.4) is 0 Å². The Kier molecular flexibility index (Phi) is 6.35. The Hall–Kier alpha value is -2.84. The van der Waals surface area contributed by atoms with Gasteiger partial charge in [-0.1, -0.05) is 19.9 Å². The highest BCUT2D eigenvalue weighted by Gasteiger charge is 2.22. The Bertz CT molecular complexity index is 982. The summed E-state index contributed by atoms with van der Waals surface area (Å²) in [5, 5.41) is 8.23. The van der Waals surface area contributed by atoms with Gasteiger partial charge in [-0.2, -0.15) is 0 Å². The van der Waals surface area contributed by atoms with Gasteiger partial charge < -0.3 is 0 Å². The van der Waals surface area contributed by atoms with E-state index in [4.69, 9.17) is 0 Å². The smallest absolute Gasteiger partial charge is 0.297 e. The van der Waals surface area contributed by atoms with Gasteiger partial charge in [-0.05, 0) is 42.5 Å². The maximum atomic E-state index is 12.4. The number of aromatic nitrogens is 3. The average molecular weight is 423 g/mol. The summed E-state index contributed by atoms with van der Waals surface area (Å²) in [7, 11) is 0. The van der Waals surface area contributed by atoms with Gasteiger partial charge in [-0.25, -0.2) is 14.8 Å². The fourth-order valence-electron chi connectivity index (χ4n) is 4.01. The molecule has 1 aliphatic heterocycles. The zero-order chi connectivity index (χ0) is 20.9. The molecule has 3 aromatic rings. The summed E-state index contributed by atoms with van der Waals surface area (Å²) < 4.78 is 0. The minimum Gasteiger partial charge on any atom is -0.297 e. The normalized spacial score (nSPS) is 19.4. The third kappa shape index (κ3) is 5.40. The Morgan fingerprint density at radius 1 is 1.07 bits per heavy atom. The second-order valence-corrected chi connectivity index (χ2v) is 8.87. The van der Waals surface area contributed by atoms with Crippen molar-refractivity contribution in [2.75, 3.05) is 23.7 Å². The lowest BCUT2D eigenvalue weighted by Crippen LogP contribution is -2.38. The monoisotopic (exact) mass is 422 g/mol. The molecule has 0 aromatic carbocycles. The largest absolute Gasteiger partial charge is 0.326 e. The van der Waals surface area contributed by atoms with Crippen LogP contribution in [0.5, 0.6) is 0 Å². The Morgan fingerprint density at radius 2 is 1.80 bits per heavy atom. The standard InChI is InChI=1S/C22H26N6OS/c1-15-10-16(2)12-28(11-15)13-18-4-3-5-19(24-18)26-22(29)27-20-14-30-21(25-20)17-6-8-23-9-7-17/h3-9,14-16H,10-13H2,1-2H3,(H2,24,26,27,29). The molecule has 2 atom stereocenters. The molecule has 4 rings (SSSR count). The van der Waals surface area contributed by atoms with E-state index in [1.807, 2.05) is 29.6 Å². The van der Waals surface area contributed by atoms with Crippen molar-refractivity contribution in [3.05, 3.63) is 53.8 Å². The molecule has 1 aliphatic rings. The van der Waals surface area contributed by atoms with Gasteiger partial charge in [0, 0.05) is 43.0 Å². The zero-order valence-corrected chi connectivity index (χ0v) is 18.0. The fraction of sp³-hybridized carbons (Fsp3) is 0.364. The number of carbonyl (C=O) groups is 1. The molecule has 2 amide bonds. The number of rotatable bonds is 5. The number of amides is 2. The quantitative estimate of drug-likeness (QED) is 0.621. The number of carbonyl (C=O) groups excluding carboxylic acids is 1. The summed E-state index contributed by atoms with van der Waals surface area (Å²) in [5.41, 5.74) is 1.93. The highest BCUT2D eigenvalue weighted by Crippen LogP contribution is 2.25. The number of hydrogen-bond acceptors (Lipinski definition) is 6. The molecule has 0 radical (unpaired) electrons. The first kappa shape index (κ1) is 20.4. The van der Waals surface area contributed by atoms with Gasteiger partial charge in [-0.3, -0.25) is 20.5 Å². The first-order valence-corrected chi connectivity index (χ1v) is 11.1. The van der Waals surface area contributed by atoms with Crippen LogP contribution in [0, 0.1) is 11.8 Å². The molecular weight excluding hydrogens is 396 g/mol. The first-order chi connectivity index (χ1) is 14.5. The number of anilines is 2. The lowest BCUT2D eigenvalue weighted by molar-refractivity contribution is 0.133. The third-order valence-corrected chi connectivity index (χ3v) is 5.94. The zero-order valence-electron chi connectivity index (χ0n) is 17.2. The van der Waals surface area contributed by atoms with Crippen molar-refractivity contribution < 1.29 is 4.79 Å². The van der Waals surface area contributed by atoms with E-state index in [9.17, 15) is 4.79 Å². The van der Waals surface area contributed by atoms with Crippen LogP contribution >= 0.6 is 11.3 Å². The number of hydrogen-bond donors (Lipinski definition) is 2. The van der Waals surface area contributed by atoms with Gasteiger partial charge >= 0.3 is 6.03 Å². The van der Waals surface area contributed by atoms with Crippen molar-refractivity contribution >= 4 is 29.0 Å². The summed E-state index contributed by atoms with van der Waals surface area (Å²) in [6.07, 6.45) is 4.73. The van der Waals surface area contributed by atoms with E-state index in [1.165, 1.54) is 17.8 Å². The number of pyridine rings is 2. The molecule has 30 heavy (non-hydrogen) atoms. The number of nitrogens with zero attached hydrogens (tertiary/aromatic N) is 4. The number of likely N-dealkylation sites (tertiary alicyclic amines) is 1. The van der Waals surface area contributed by atoms with Crippen molar-refractivity contribution in [2.24, 2.45) is 11.8 Å². The number of piperidine rings is 1. The minimum absolute atomic E-state index is 0.355. The molecule has 1 saturated heterocycles. The van der Waals surface area contributed by atoms with Gasteiger partial charge in [0.15, 0.2) is 0 Å². The molecule has 0 bridgehead atoms. The highest BCUT2D eigenvalue weighted by molar-refractivity contribution is 7.13. The van der Waals surface area contributed by atoms with Gasteiger partial charge in [0.2, 0.25) is 0 Å². The van der Waals surface area contributed by atoms with Crippen LogP contribution in [0.1, 0.15) is 26.0 Å². The maximum Gasteiger partial charge on any atom is 0.326 e. The SMILES string of the molecule is CC1CC(C)CN(Cc2cccc(NC(=O)Nc3csc(-c4ccncc4)n3)n2)C1. The number of urea groups is 1. The van der Waals surface area contributed by atoms with Crippen molar-refractivity contribution in [1.29, 1.82) is 0 Å². The predicted molar refractivity (Wildman–Crippen MR) is 120 cm³/mol. The minimum atomic E-state index is -0.355. The lowest BCUT2D eigenvalue weighted by Gasteiger charge is -2.34. The molecule has 0 saturated carbocycles. The Labute approximate surface area is 180 Å². The first-order valence-electron chi connectivity index (χ1n) is 10.2. The van der Waals surface area contributed by atoms with Crippen LogP contribution in [0.25, 0.3) is 10.6 Å². The van der Waals surface area contributed by atoms with Crippen molar-refractivity contribution in [3.63, 3.8) is 0 Å². The van der Waals surface area contributed by atoms with Crippen LogP contribution in [0.15, 0.2) is 48.1 Å².